The molecule has 1 unspecified atom stereocenters. The van der Waals surface area contributed by atoms with Gasteiger partial charge in [-0.2, -0.15) is 0 Å². The van der Waals surface area contributed by atoms with E-state index in [1.54, 1.807) is 0 Å². The van der Waals surface area contributed by atoms with Crippen molar-refractivity contribution >= 4 is 34.2 Å². The number of hydrogen-bond acceptors (Lipinski definition) is 2. The van der Waals surface area contributed by atoms with Crippen LogP contribution in [0.1, 0.15) is 32.6 Å². The van der Waals surface area contributed by atoms with E-state index in [2.05, 4.69) is 23.4 Å². The molecule has 0 amide bonds. The highest BCUT2D eigenvalue weighted by atomic mass is 35.5. The van der Waals surface area contributed by atoms with Gasteiger partial charge in [0.05, 0.1) is 29.6 Å². The molecule has 20 heavy (non-hydrogen) atoms. The highest BCUT2D eigenvalue weighted by molar-refractivity contribution is 6.31. The van der Waals surface area contributed by atoms with Crippen LogP contribution in [0.2, 0.25) is 5.02 Å². The van der Waals surface area contributed by atoms with E-state index in [4.69, 9.17) is 27.9 Å². The summed E-state index contributed by atoms with van der Waals surface area (Å²) in [5.74, 6) is 1.67. The number of benzene rings is 1. The molecule has 1 heterocycles. The van der Waals surface area contributed by atoms with Crippen LogP contribution in [-0.4, -0.2) is 22.8 Å². The van der Waals surface area contributed by atoms with Gasteiger partial charge in [-0.15, -0.1) is 11.6 Å². The first-order valence-electron chi connectivity index (χ1n) is 6.88. The second-order valence-corrected chi connectivity index (χ2v) is 5.84. The SMILES string of the molecule is CCOCC(C(C)C)n1c(CCl)nc2cc(Cl)ccc21. The number of ether oxygens (including phenoxy) is 1. The lowest BCUT2D eigenvalue weighted by Crippen LogP contribution is -2.22. The number of nitrogens with zero attached hydrogens (tertiary/aromatic N) is 2. The van der Waals surface area contributed by atoms with Gasteiger partial charge >= 0.3 is 0 Å². The fourth-order valence-electron chi connectivity index (χ4n) is 2.39. The average molecular weight is 315 g/mol. The summed E-state index contributed by atoms with van der Waals surface area (Å²) >= 11 is 12.1. The smallest absolute Gasteiger partial charge is 0.125 e. The highest BCUT2D eigenvalue weighted by Crippen LogP contribution is 2.29. The molecule has 0 spiro atoms. The zero-order valence-electron chi connectivity index (χ0n) is 12.1. The van der Waals surface area contributed by atoms with Gasteiger partial charge in [0, 0.05) is 11.6 Å². The summed E-state index contributed by atoms with van der Waals surface area (Å²) in [6.07, 6.45) is 0. The van der Waals surface area contributed by atoms with E-state index in [0.717, 1.165) is 16.9 Å². The second kappa shape index (κ2) is 6.79. The lowest BCUT2D eigenvalue weighted by Gasteiger charge is -2.24. The summed E-state index contributed by atoms with van der Waals surface area (Å²) in [4.78, 5) is 4.59. The Kier molecular flexibility index (Phi) is 5.30. The minimum absolute atomic E-state index is 0.217. The monoisotopic (exact) mass is 314 g/mol. The number of rotatable bonds is 6. The van der Waals surface area contributed by atoms with Crippen LogP contribution >= 0.6 is 23.2 Å². The van der Waals surface area contributed by atoms with E-state index in [0.29, 0.717) is 30.0 Å². The first kappa shape index (κ1) is 15.6. The van der Waals surface area contributed by atoms with Crippen molar-refractivity contribution in [3.05, 3.63) is 29.0 Å². The first-order chi connectivity index (χ1) is 9.58. The van der Waals surface area contributed by atoms with Crippen LogP contribution in [0.4, 0.5) is 0 Å². The van der Waals surface area contributed by atoms with Gasteiger partial charge in [0.2, 0.25) is 0 Å². The Morgan fingerprint density at radius 1 is 1.35 bits per heavy atom. The molecule has 0 radical (unpaired) electrons. The van der Waals surface area contributed by atoms with Crippen molar-refractivity contribution in [2.75, 3.05) is 13.2 Å². The molecule has 0 saturated carbocycles. The van der Waals surface area contributed by atoms with Crippen molar-refractivity contribution < 1.29 is 4.74 Å². The normalized spacial score (nSPS) is 13.3. The quantitative estimate of drug-likeness (QED) is 0.725. The standard InChI is InChI=1S/C15H20Cl2N2O/c1-4-20-9-14(10(2)3)19-13-6-5-11(17)7-12(13)18-15(19)8-16/h5-7,10,14H,4,8-9H2,1-3H3. The van der Waals surface area contributed by atoms with Crippen molar-refractivity contribution in [3.63, 3.8) is 0 Å². The Labute approximate surface area is 129 Å². The van der Waals surface area contributed by atoms with E-state index in [-0.39, 0.29) is 6.04 Å². The number of fused-ring (bicyclic) bond motifs is 1. The third-order valence-electron chi connectivity index (χ3n) is 3.44. The van der Waals surface area contributed by atoms with E-state index >= 15 is 0 Å². The van der Waals surface area contributed by atoms with Gasteiger partial charge in [0.15, 0.2) is 0 Å². The molecular weight excluding hydrogens is 295 g/mol. The topological polar surface area (TPSA) is 27.1 Å². The van der Waals surface area contributed by atoms with Crippen molar-refractivity contribution in [2.24, 2.45) is 5.92 Å². The maximum Gasteiger partial charge on any atom is 0.125 e. The van der Waals surface area contributed by atoms with Gasteiger partial charge < -0.3 is 9.30 Å². The lowest BCUT2D eigenvalue weighted by molar-refractivity contribution is 0.0971. The Morgan fingerprint density at radius 3 is 2.70 bits per heavy atom. The van der Waals surface area contributed by atoms with Gasteiger partial charge in [0.1, 0.15) is 5.82 Å². The molecule has 1 atom stereocenters. The van der Waals surface area contributed by atoms with Gasteiger partial charge in [-0.3, -0.25) is 0 Å². The molecule has 1 aromatic heterocycles. The Hall–Kier alpha value is -0.770. The molecule has 0 aliphatic rings. The predicted molar refractivity (Wildman–Crippen MR) is 84.7 cm³/mol. The first-order valence-corrected chi connectivity index (χ1v) is 7.79. The van der Waals surface area contributed by atoms with Gasteiger partial charge in [-0.1, -0.05) is 25.4 Å². The van der Waals surface area contributed by atoms with E-state index in [1.165, 1.54) is 0 Å². The molecule has 0 saturated heterocycles. The molecule has 0 fully saturated rings. The summed E-state index contributed by atoms with van der Waals surface area (Å²) < 4.78 is 7.83. The molecule has 0 aliphatic carbocycles. The maximum absolute atomic E-state index is 6.07. The van der Waals surface area contributed by atoms with Crippen LogP contribution in [-0.2, 0) is 10.6 Å². The Morgan fingerprint density at radius 2 is 2.10 bits per heavy atom. The highest BCUT2D eigenvalue weighted by Gasteiger charge is 2.22. The molecule has 0 bridgehead atoms. The number of imidazole rings is 1. The fraction of sp³-hybridized carbons (Fsp3) is 0.533. The van der Waals surface area contributed by atoms with Crippen LogP contribution < -0.4 is 0 Å². The number of aromatic nitrogens is 2. The van der Waals surface area contributed by atoms with Crippen LogP contribution in [0.15, 0.2) is 18.2 Å². The molecule has 0 aliphatic heterocycles. The lowest BCUT2D eigenvalue weighted by atomic mass is 10.0. The minimum atomic E-state index is 0.217. The van der Waals surface area contributed by atoms with E-state index in [1.807, 2.05) is 25.1 Å². The number of halogens is 2. The van der Waals surface area contributed by atoms with Crippen LogP contribution in [0.5, 0.6) is 0 Å². The second-order valence-electron chi connectivity index (χ2n) is 5.14. The van der Waals surface area contributed by atoms with E-state index in [9.17, 15) is 0 Å². The maximum atomic E-state index is 6.07. The Bertz CT molecular complexity index is 581. The van der Waals surface area contributed by atoms with Crippen molar-refractivity contribution in [1.29, 1.82) is 0 Å². The van der Waals surface area contributed by atoms with Gasteiger partial charge in [-0.25, -0.2) is 4.98 Å². The summed E-state index contributed by atoms with van der Waals surface area (Å²) in [5.41, 5.74) is 1.94. The summed E-state index contributed by atoms with van der Waals surface area (Å²) in [6, 6.07) is 5.98. The van der Waals surface area contributed by atoms with Crippen LogP contribution in [0.3, 0.4) is 0 Å². The summed E-state index contributed by atoms with van der Waals surface area (Å²) in [7, 11) is 0. The molecule has 1 aromatic carbocycles. The number of alkyl halides is 1. The molecular formula is C15H20Cl2N2O. The van der Waals surface area contributed by atoms with Crippen molar-refractivity contribution in [1.82, 2.24) is 9.55 Å². The zero-order valence-corrected chi connectivity index (χ0v) is 13.6. The third-order valence-corrected chi connectivity index (χ3v) is 3.91. The van der Waals surface area contributed by atoms with Crippen molar-refractivity contribution in [2.45, 2.75) is 32.7 Å². The zero-order chi connectivity index (χ0) is 14.7. The molecule has 2 aromatic rings. The summed E-state index contributed by atoms with van der Waals surface area (Å²) in [5, 5.41) is 0.689. The van der Waals surface area contributed by atoms with Crippen LogP contribution in [0.25, 0.3) is 11.0 Å². The van der Waals surface area contributed by atoms with Crippen LogP contribution in [0, 0.1) is 5.92 Å². The fourth-order valence-corrected chi connectivity index (χ4v) is 2.74. The van der Waals surface area contributed by atoms with Gasteiger partial charge in [0.25, 0.3) is 0 Å². The van der Waals surface area contributed by atoms with Crippen molar-refractivity contribution in [3.8, 4) is 0 Å². The molecule has 0 N–H and O–H groups in total. The minimum Gasteiger partial charge on any atom is -0.380 e. The average Bonchev–Trinajstić information content (AvgIpc) is 2.76. The molecule has 3 nitrogen and oxygen atoms in total. The number of hydrogen-bond donors (Lipinski definition) is 0. The van der Waals surface area contributed by atoms with E-state index < -0.39 is 0 Å². The molecule has 5 heteroatoms. The molecule has 2 rings (SSSR count). The summed E-state index contributed by atoms with van der Waals surface area (Å²) in [6.45, 7) is 7.74. The predicted octanol–water partition coefficient (Wildman–Crippen LogP) is 4.66. The third kappa shape index (κ3) is 3.11. The largest absolute Gasteiger partial charge is 0.380 e. The molecule has 110 valence electrons. The van der Waals surface area contributed by atoms with Gasteiger partial charge in [-0.05, 0) is 31.0 Å². The Balaban J connectivity index is 2.54.